The average molecular weight is 234 g/mol. The van der Waals surface area contributed by atoms with Gasteiger partial charge in [0.15, 0.2) is 0 Å². The minimum absolute atomic E-state index is 0.0371. The lowest BCUT2D eigenvalue weighted by molar-refractivity contribution is 0.689. The number of allylic oxidation sites excluding steroid dienone is 1. The van der Waals surface area contributed by atoms with Crippen LogP contribution >= 0.6 is 11.6 Å². The molecule has 0 spiro atoms. The van der Waals surface area contributed by atoms with E-state index in [0.29, 0.717) is 17.1 Å². The third-order valence-electron chi connectivity index (χ3n) is 2.53. The Bertz CT molecular complexity index is 586. The molecule has 3 heteroatoms. The highest BCUT2D eigenvalue weighted by molar-refractivity contribution is 6.30. The minimum Gasteiger partial charge on any atom is -0.298 e. The Morgan fingerprint density at radius 1 is 1.38 bits per heavy atom. The van der Waals surface area contributed by atoms with E-state index in [1.165, 1.54) is 0 Å². The summed E-state index contributed by atoms with van der Waals surface area (Å²) in [5.74, 6) is 0. The summed E-state index contributed by atoms with van der Waals surface area (Å²) in [6, 6.07) is 9.28. The summed E-state index contributed by atoms with van der Waals surface area (Å²) in [4.78, 5) is 12.1. The third kappa shape index (κ3) is 1.89. The maximum absolute atomic E-state index is 12.1. The lowest BCUT2D eigenvalue weighted by atomic mass is 10.2. The van der Waals surface area contributed by atoms with Gasteiger partial charge in [0.1, 0.15) is 5.15 Å². The number of benzene rings is 1. The van der Waals surface area contributed by atoms with Gasteiger partial charge in [0.05, 0.1) is 0 Å². The zero-order valence-corrected chi connectivity index (χ0v) is 9.57. The first-order chi connectivity index (χ1) is 7.74. The molecule has 0 atom stereocenters. The first-order valence-electron chi connectivity index (χ1n) is 5.13. The molecule has 0 N–H and O–H groups in total. The molecule has 0 radical (unpaired) electrons. The van der Waals surface area contributed by atoms with Crippen LogP contribution in [0.5, 0.6) is 0 Å². The monoisotopic (exact) mass is 233 g/mol. The highest BCUT2D eigenvalue weighted by atomic mass is 35.5. The quantitative estimate of drug-likeness (QED) is 0.589. The zero-order valence-electron chi connectivity index (χ0n) is 8.82. The van der Waals surface area contributed by atoms with Gasteiger partial charge in [0, 0.05) is 11.9 Å². The van der Waals surface area contributed by atoms with Gasteiger partial charge in [-0.1, -0.05) is 35.9 Å². The van der Waals surface area contributed by atoms with Crippen molar-refractivity contribution in [1.29, 1.82) is 0 Å². The van der Waals surface area contributed by atoms with E-state index in [0.717, 1.165) is 11.8 Å². The maximum atomic E-state index is 12.1. The molecule has 0 amide bonds. The molecule has 1 aromatic heterocycles. The smallest absolute Gasteiger partial charge is 0.259 e. The highest BCUT2D eigenvalue weighted by Gasteiger charge is 2.05. The van der Waals surface area contributed by atoms with Gasteiger partial charge < -0.3 is 0 Å². The van der Waals surface area contributed by atoms with Crippen LogP contribution < -0.4 is 5.56 Å². The number of aromatic nitrogens is 1. The number of halogens is 1. The van der Waals surface area contributed by atoms with Gasteiger partial charge in [-0.05, 0) is 23.9 Å². The van der Waals surface area contributed by atoms with E-state index in [2.05, 4.69) is 6.58 Å². The van der Waals surface area contributed by atoms with Crippen LogP contribution in [-0.2, 0) is 6.54 Å². The Balaban J connectivity index is 2.66. The van der Waals surface area contributed by atoms with E-state index < -0.39 is 0 Å². The SMILES string of the molecule is C=CCCn1c(Cl)cc2ccccc2c1=O. The van der Waals surface area contributed by atoms with Crippen LogP contribution in [-0.4, -0.2) is 4.57 Å². The summed E-state index contributed by atoms with van der Waals surface area (Å²) >= 11 is 6.07. The van der Waals surface area contributed by atoms with E-state index in [4.69, 9.17) is 11.6 Å². The van der Waals surface area contributed by atoms with E-state index in [1.807, 2.05) is 30.3 Å². The second-order valence-electron chi connectivity index (χ2n) is 3.59. The van der Waals surface area contributed by atoms with Crippen molar-refractivity contribution < 1.29 is 0 Å². The van der Waals surface area contributed by atoms with Crippen molar-refractivity contribution in [2.75, 3.05) is 0 Å². The molecule has 0 bridgehead atoms. The van der Waals surface area contributed by atoms with Crippen molar-refractivity contribution in [2.45, 2.75) is 13.0 Å². The van der Waals surface area contributed by atoms with E-state index >= 15 is 0 Å². The molecule has 1 aromatic carbocycles. The second kappa shape index (κ2) is 4.54. The Kier molecular flexibility index (Phi) is 3.11. The van der Waals surface area contributed by atoms with Crippen LogP contribution in [0, 0.1) is 0 Å². The largest absolute Gasteiger partial charge is 0.298 e. The van der Waals surface area contributed by atoms with Crippen molar-refractivity contribution in [2.24, 2.45) is 0 Å². The van der Waals surface area contributed by atoms with E-state index in [1.54, 1.807) is 10.6 Å². The predicted molar refractivity (Wildman–Crippen MR) is 68.0 cm³/mol. The summed E-state index contributed by atoms with van der Waals surface area (Å²) in [5.41, 5.74) is -0.0371. The molecule has 0 fully saturated rings. The first-order valence-corrected chi connectivity index (χ1v) is 5.51. The van der Waals surface area contributed by atoms with Gasteiger partial charge in [-0.3, -0.25) is 9.36 Å². The number of pyridine rings is 1. The molecule has 0 aliphatic carbocycles. The van der Waals surface area contributed by atoms with Crippen molar-refractivity contribution in [3.63, 3.8) is 0 Å². The maximum Gasteiger partial charge on any atom is 0.259 e. The van der Waals surface area contributed by atoms with Crippen LogP contribution in [0.4, 0.5) is 0 Å². The number of fused-ring (bicyclic) bond motifs is 1. The zero-order chi connectivity index (χ0) is 11.5. The fourth-order valence-corrected chi connectivity index (χ4v) is 1.97. The van der Waals surface area contributed by atoms with Crippen molar-refractivity contribution >= 4 is 22.4 Å². The summed E-state index contributed by atoms with van der Waals surface area (Å²) in [7, 11) is 0. The van der Waals surface area contributed by atoms with Crippen molar-refractivity contribution in [3.8, 4) is 0 Å². The van der Waals surface area contributed by atoms with Crippen LogP contribution in [0.25, 0.3) is 10.8 Å². The number of rotatable bonds is 3. The number of hydrogen-bond donors (Lipinski definition) is 0. The van der Waals surface area contributed by atoms with Crippen molar-refractivity contribution in [3.05, 3.63) is 58.5 Å². The molecule has 0 saturated carbocycles. The number of nitrogens with zero attached hydrogens (tertiary/aromatic N) is 1. The highest BCUT2D eigenvalue weighted by Crippen LogP contribution is 2.15. The Hall–Kier alpha value is -1.54. The average Bonchev–Trinajstić information content (AvgIpc) is 2.29. The fraction of sp³-hybridized carbons (Fsp3) is 0.154. The Morgan fingerprint density at radius 2 is 2.12 bits per heavy atom. The first kappa shape index (κ1) is 11.0. The van der Waals surface area contributed by atoms with Gasteiger partial charge in [0.2, 0.25) is 0 Å². The second-order valence-corrected chi connectivity index (χ2v) is 3.98. The summed E-state index contributed by atoms with van der Waals surface area (Å²) in [6.45, 7) is 4.21. The van der Waals surface area contributed by atoms with Gasteiger partial charge in [-0.15, -0.1) is 6.58 Å². The Labute approximate surface area is 98.8 Å². The van der Waals surface area contributed by atoms with Crippen molar-refractivity contribution in [1.82, 2.24) is 4.57 Å². The molecule has 0 unspecified atom stereocenters. The molecule has 16 heavy (non-hydrogen) atoms. The lowest BCUT2D eigenvalue weighted by Crippen LogP contribution is -2.20. The molecule has 82 valence electrons. The van der Waals surface area contributed by atoms with Crippen LogP contribution in [0.3, 0.4) is 0 Å². The van der Waals surface area contributed by atoms with E-state index in [-0.39, 0.29) is 5.56 Å². The fourth-order valence-electron chi connectivity index (χ4n) is 1.70. The molecule has 1 heterocycles. The Morgan fingerprint density at radius 3 is 2.88 bits per heavy atom. The van der Waals surface area contributed by atoms with Crippen LogP contribution in [0.2, 0.25) is 5.15 Å². The molecule has 2 aromatic rings. The molecule has 0 saturated heterocycles. The summed E-state index contributed by atoms with van der Waals surface area (Å²) in [6.07, 6.45) is 2.51. The van der Waals surface area contributed by atoms with Crippen LogP contribution in [0.1, 0.15) is 6.42 Å². The standard InChI is InChI=1S/C13H12ClNO/c1-2-3-8-15-12(14)9-10-6-4-5-7-11(10)13(15)16/h2,4-7,9H,1,3,8H2. The summed E-state index contributed by atoms with van der Waals surface area (Å²) < 4.78 is 1.57. The third-order valence-corrected chi connectivity index (χ3v) is 2.84. The van der Waals surface area contributed by atoms with Gasteiger partial charge >= 0.3 is 0 Å². The molecule has 0 aliphatic heterocycles. The molecule has 2 nitrogen and oxygen atoms in total. The van der Waals surface area contributed by atoms with Gasteiger partial charge in [-0.2, -0.15) is 0 Å². The van der Waals surface area contributed by atoms with Gasteiger partial charge in [-0.25, -0.2) is 0 Å². The van der Waals surface area contributed by atoms with E-state index in [9.17, 15) is 4.79 Å². The van der Waals surface area contributed by atoms with Crippen LogP contribution in [0.15, 0.2) is 47.8 Å². The molecule has 2 rings (SSSR count). The normalized spacial score (nSPS) is 10.6. The molecule has 0 aliphatic rings. The topological polar surface area (TPSA) is 22.0 Å². The lowest BCUT2D eigenvalue weighted by Gasteiger charge is -2.08. The van der Waals surface area contributed by atoms with Gasteiger partial charge in [0.25, 0.3) is 5.56 Å². The number of hydrogen-bond acceptors (Lipinski definition) is 1. The summed E-state index contributed by atoms with van der Waals surface area (Å²) in [5, 5.41) is 2.06. The predicted octanol–water partition coefficient (Wildman–Crippen LogP) is 3.23. The molecular weight excluding hydrogens is 222 g/mol. The minimum atomic E-state index is -0.0371. The molecular formula is C13H12ClNO.